The lowest BCUT2D eigenvalue weighted by atomic mass is 9.95. The number of imidazole rings is 1. The highest BCUT2D eigenvalue weighted by atomic mass is 79.9. The maximum atomic E-state index is 11.8. The Labute approximate surface area is 111 Å². The number of imide groups is 1. The Bertz CT molecular complexity index is 650. The number of piperidine rings is 1. The zero-order chi connectivity index (χ0) is 12.7. The normalized spacial score (nSPS) is 20.2. The molecular formula is C12H10BrN3O2. The number of rotatable bonds is 1. The number of fused-ring (bicyclic) bond motifs is 1. The summed E-state index contributed by atoms with van der Waals surface area (Å²) in [6.07, 6.45) is 4.48. The number of pyridine rings is 1. The van der Waals surface area contributed by atoms with Gasteiger partial charge < -0.3 is 4.40 Å². The molecule has 1 fully saturated rings. The molecule has 0 aliphatic carbocycles. The molecule has 1 aliphatic heterocycles. The first-order valence-electron chi connectivity index (χ1n) is 5.61. The van der Waals surface area contributed by atoms with Crippen LogP contribution in [0.15, 0.2) is 29.0 Å². The number of nitrogens with one attached hydrogen (secondary N) is 1. The maximum absolute atomic E-state index is 11.8. The van der Waals surface area contributed by atoms with Gasteiger partial charge in [0.05, 0.1) is 11.6 Å². The second-order valence-corrected chi connectivity index (χ2v) is 5.18. The Morgan fingerprint density at radius 3 is 3.00 bits per heavy atom. The Balaban J connectivity index is 2.06. The topological polar surface area (TPSA) is 63.5 Å². The maximum Gasteiger partial charge on any atom is 0.235 e. The quantitative estimate of drug-likeness (QED) is 0.814. The van der Waals surface area contributed by atoms with Crippen molar-refractivity contribution in [3.05, 3.63) is 34.7 Å². The molecule has 0 spiro atoms. The first-order chi connectivity index (χ1) is 8.65. The molecule has 6 heteroatoms. The summed E-state index contributed by atoms with van der Waals surface area (Å²) in [6.45, 7) is 0. The van der Waals surface area contributed by atoms with E-state index in [-0.39, 0.29) is 17.7 Å². The minimum absolute atomic E-state index is 0.203. The van der Waals surface area contributed by atoms with Crippen LogP contribution in [0.5, 0.6) is 0 Å². The Morgan fingerprint density at radius 2 is 2.22 bits per heavy atom. The molecule has 2 aromatic heterocycles. The molecule has 1 atom stereocenters. The molecule has 1 unspecified atom stereocenters. The smallest absolute Gasteiger partial charge is 0.235 e. The lowest BCUT2D eigenvalue weighted by Crippen LogP contribution is -2.39. The minimum Gasteiger partial charge on any atom is -0.302 e. The molecule has 5 nitrogen and oxygen atoms in total. The van der Waals surface area contributed by atoms with Crippen LogP contribution in [0.2, 0.25) is 0 Å². The molecule has 18 heavy (non-hydrogen) atoms. The monoisotopic (exact) mass is 307 g/mol. The van der Waals surface area contributed by atoms with E-state index in [1.54, 1.807) is 6.20 Å². The highest BCUT2D eigenvalue weighted by Crippen LogP contribution is 2.26. The summed E-state index contributed by atoms with van der Waals surface area (Å²) in [4.78, 5) is 27.3. The van der Waals surface area contributed by atoms with Gasteiger partial charge in [0.1, 0.15) is 5.65 Å². The molecule has 92 valence electrons. The standard InChI is InChI=1S/C12H10BrN3O2/c13-7-1-3-10-14-5-9(16(10)6-7)8-2-4-11(17)15-12(8)18/h1,3,5-6,8H,2,4H2,(H,15,17,18). The zero-order valence-electron chi connectivity index (χ0n) is 9.39. The second-order valence-electron chi connectivity index (χ2n) is 4.26. The van der Waals surface area contributed by atoms with Crippen molar-refractivity contribution in [1.82, 2.24) is 14.7 Å². The first-order valence-corrected chi connectivity index (χ1v) is 6.40. The number of amides is 2. The van der Waals surface area contributed by atoms with E-state index in [1.165, 1.54) is 0 Å². The van der Waals surface area contributed by atoms with E-state index in [9.17, 15) is 9.59 Å². The Hall–Kier alpha value is -1.69. The molecule has 0 aromatic carbocycles. The summed E-state index contributed by atoms with van der Waals surface area (Å²) in [7, 11) is 0. The molecule has 0 saturated carbocycles. The van der Waals surface area contributed by atoms with Crippen LogP contribution in [0.1, 0.15) is 24.5 Å². The fraction of sp³-hybridized carbons (Fsp3) is 0.250. The zero-order valence-corrected chi connectivity index (χ0v) is 11.0. The number of carbonyl (C=O) groups is 2. The SMILES string of the molecule is O=C1CCC(c2cnc3ccc(Br)cn23)C(=O)N1. The third kappa shape index (κ3) is 1.82. The van der Waals surface area contributed by atoms with Crippen molar-refractivity contribution >= 4 is 33.4 Å². The summed E-state index contributed by atoms with van der Waals surface area (Å²) < 4.78 is 2.80. The Morgan fingerprint density at radius 1 is 1.39 bits per heavy atom. The van der Waals surface area contributed by atoms with E-state index >= 15 is 0 Å². The molecule has 2 aromatic rings. The highest BCUT2D eigenvalue weighted by Gasteiger charge is 2.30. The van der Waals surface area contributed by atoms with Crippen molar-refractivity contribution in [3.63, 3.8) is 0 Å². The summed E-state index contributed by atoms with van der Waals surface area (Å²) in [5.74, 6) is -0.758. The van der Waals surface area contributed by atoms with Crippen LogP contribution in [0.3, 0.4) is 0 Å². The van der Waals surface area contributed by atoms with Crippen molar-refractivity contribution in [2.24, 2.45) is 0 Å². The molecule has 0 bridgehead atoms. The van der Waals surface area contributed by atoms with Gasteiger partial charge in [-0.25, -0.2) is 4.98 Å². The van der Waals surface area contributed by atoms with Gasteiger partial charge in [-0.15, -0.1) is 0 Å². The van der Waals surface area contributed by atoms with Crippen molar-refractivity contribution in [2.75, 3.05) is 0 Å². The number of hydrogen-bond acceptors (Lipinski definition) is 3. The van der Waals surface area contributed by atoms with Gasteiger partial charge in [0.2, 0.25) is 11.8 Å². The van der Waals surface area contributed by atoms with Gasteiger partial charge in [0.15, 0.2) is 0 Å². The third-order valence-corrected chi connectivity index (χ3v) is 3.56. The van der Waals surface area contributed by atoms with E-state index in [0.29, 0.717) is 12.8 Å². The molecule has 0 radical (unpaired) electrons. The Kier molecular flexibility index (Phi) is 2.66. The van der Waals surface area contributed by atoms with Crippen LogP contribution in [0.4, 0.5) is 0 Å². The van der Waals surface area contributed by atoms with Gasteiger partial charge in [-0.2, -0.15) is 0 Å². The second kappa shape index (κ2) is 4.20. The van der Waals surface area contributed by atoms with Gasteiger partial charge in [0.25, 0.3) is 0 Å². The van der Waals surface area contributed by atoms with Crippen molar-refractivity contribution in [3.8, 4) is 0 Å². The van der Waals surface area contributed by atoms with Crippen LogP contribution in [-0.2, 0) is 9.59 Å². The van der Waals surface area contributed by atoms with Crippen molar-refractivity contribution in [2.45, 2.75) is 18.8 Å². The van der Waals surface area contributed by atoms with Crippen LogP contribution in [-0.4, -0.2) is 21.2 Å². The lowest BCUT2D eigenvalue weighted by Gasteiger charge is -2.20. The van der Waals surface area contributed by atoms with E-state index < -0.39 is 0 Å². The van der Waals surface area contributed by atoms with Gasteiger partial charge >= 0.3 is 0 Å². The largest absolute Gasteiger partial charge is 0.302 e. The molecule has 2 amide bonds. The van der Waals surface area contributed by atoms with Crippen LogP contribution < -0.4 is 5.32 Å². The van der Waals surface area contributed by atoms with Gasteiger partial charge in [0, 0.05) is 23.3 Å². The van der Waals surface area contributed by atoms with Crippen molar-refractivity contribution in [1.29, 1.82) is 0 Å². The van der Waals surface area contributed by atoms with E-state index in [0.717, 1.165) is 15.8 Å². The average molecular weight is 308 g/mol. The highest BCUT2D eigenvalue weighted by molar-refractivity contribution is 9.10. The summed E-state index contributed by atoms with van der Waals surface area (Å²) in [5, 5.41) is 2.37. The number of hydrogen-bond donors (Lipinski definition) is 1. The van der Waals surface area contributed by atoms with Crippen molar-refractivity contribution < 1.29 is 9.59 Å². The molecule has 3 rings (SSSR count). The number of halogens is 1. The summed E-state index contributed by atoms with van der Waals surface area (Å²) >= 11 is 3.40. The molecule has 1 aliphatic rings. The average Bonchev–Trinajstić information content (AvgIpc) is 2.72. The summed E-state index contributed by atoms with van der Waals surface area (Å²) in [5.41, 5.74) is 1.61. The minimum atomic E-state index is -0.313. The number of nitrogens with zero attached hydrogens (tertiary/aromatic N) is 2. The van der Waals surface area contributed by atoms with E-state index in [2.05, 4.69) is 26.2 Å². The van der Waals surface area contributed by atoms with Gasteiger partial charge in [-0.3, -0.25) is 14.9 Å². The third-order valence-electron chi connectivity index (χ3n) is 3.09. The molecule has 1 N–H and O–H groups in total. The van der Waals surface area contributed by atoms with E-state index in [1.807, 2.05) is 22.7 Å². The fourth-order valence-corrected chi connectivity index (χ4v) is 2.54. The lowest BCUT2D eigenvalue weighted by molar-refractivity contribution is -0.134. The van der Waals surface area contributed by atoms with E-state index in [4.69, 9.17) is 0 Å². The predicted octanol–water partition coefficient (Wildman–Crippen LogP) is 1.62. The predicted molar refractivity (Wildman–Crippen MR) is 68.0 cm³/mol. The number of aromatic nitrogens is 2. The van der Waals surface area contributed by atoms with Crippen LogP contribution in [0, 0.1) is 0 Å². The molecular weight excluding hydrogens is 298 g/mol. The molecule has 1 saturated heterocycles. The van der Waals surface area contributed by atoms with Gasteiger partial charge in [-0.1, -0.05) is 0 Å². The first kappa shape index (κ1) is 11.4. The molecule has 3 heterocycles. The van der Waals surface area contributed by atoms with Crippen LogP contribution in [0.25, 0.3) is 5.65 Å². The van der Waals surface area contributed by atoms with Crippen LogP contribution >= 0.6 is 15.9 Å². The van der Waals surface area contributed by atoms with Gasteiger partial charge in [-0.05, 0) is 34.5 Å². The summed E-state index contributed by atoms with van der Waals surface area (Å²) in [6, 6.07) is 3.77. The fourth-order valence-electron chi connectivity index (χ4n) is 2.21. The number of carbonyl (C=O) groups excluding carboxylic acids is 2.